The normalized spacial score (nSPS) is 25.1. The molecule has 2 aromatic rings. The first-order valence-corrected chi connectivity index (χ1v) is 16.0. The van der Waals surface area contributed by atoms with E-state index in [-0.39, 0.29) is 35.7 Å². The summed E-state index contributed by atoms with van der Waals surface area (Å²) in [5.74, 6) is 1.10. The van der Waals surface area contributed by atoms with Gasteiger partial charge in [0.25, 0.3) is 5.91 Å². The van der Waals surface area contributed by atoms with E-state index in [2.05, 4.69) is 9.80 Å². The number of hydrogen-bond donors (Lipinski definition) is 4. The highest BCUT2D eigenvalue weighted by Gasteiger charge is 2.42. The highest BCUT2D eigenvalue weighted by molar-refractivity contribution is 5.94. The number of benzene rings is 2. The fourth-order valence-electron chi connectivity index (χ4n) is 7.14. The number of rotatable bonds is 7. The Labute approximate surface area is 260 Å². The number of para-hydroxylation sites is 1. The molecular formula is C34H46N6O4. The van der Waals surface area contributed by atoms with Crippen LogP contribution in [0.1, 0.15) is 59.7 Å². The fraction of sp³-hybridized carbons (Fsp3) is 0.500. The van der Waals surface area contributed by atoms with Gasteiger partial charge < -0.3 is 41.6 Å². The average Bonchev–Trinajstić information content (AvgIpc) is 3.53. The van der Waals surface area contributed by atoms with Gasteiger partial charge in [-0.1, -0.05) is 43.5 Å². The Balaban J connectivity index is 1.12. The van der Waals surface area contributed by atoms with Gasteiger partial charge in [0.2, 0.25) is 0 Å². The number of piperazine rings is 1. The number of phenols is 1. The van der Waals surface area contributed by atoms with E-state index < -0.39 is 0 Å². The molecule has 3 atom stereocenters. The summed E-state index contributed by atoms with van der Waals surface area (Å²) in [5, 5.41) is 10.3. The number of nitrogens with zero attached hydrogens (tertiary/aromatic N) is 3. The zero-order valence-electron chi connectivity index (χ0n) is 25.4. The van der Waals surface area contributed by atoms with Crippen LogP contribution in [0.2, 0.25) is 0 Å². The maximum atomic E-state index is 13.4. The summed E-state index contributed by atoms with van der Waals surface area (Å²) in [5.41, 5.74) is 21.9. The lowest BCUT2D eigenvalue weighted by molar-refractivity contribution is -0.0921. The maximum Gasteiger partial charge on any atom is 0.253 e. The average molecular weight is 603 g/mol. The monoisotopic (exact) mass is 602 g/mol. The molecule has 4 fully saturated rings. The number of phenolic OH excluding ortho intramolecular Hbond substituents is 1. The van der Waals surface area contributed by atoms with Crippen LogP contribution in [0.3, 0.4) is 0 Å². The van der Waals surface area contributed by atoms with Crippen molar-refractivity contribution >= 4 is 11.6 Å². The van der Waals surface area contributed by atoms with E-state index in [1.165, 1.54) is 38.6 Å². The summed E-state index contributed by atoms with van der Waals surface area (Å²) < 4.78 is 12.3. The molecule has 44 heavy (non-hydrogen) atoms. The number of carbonyl (C=O) groups excluding carboxylic acids is 1. The zero-order valence-corrected chi connectivity index (χ0v) is 25.4. The molecule has 2 aromatic carbocycles. The van der Waals surface area contributed by atoms with Crippen molar-refractivity contribution in [2.24, 2.45) is 23.1 Å². The molecular weight excluding hydrogens is 556 g/mol. The molecule has 4 aliphatic rings. The second kappa shape index (κ2) is 13.5. The SMILES string of the molecule is NC(N)=C(/C=C(\N)c1ccccc1O)N1CC(c2ccc(C(=O)N3CCN(CC4CCCCC4)CC3)cc2)OC2COCC21. The predicted molar refractivity (Wildman–Crippen MR) is 170 cm³/mol. The first-order chi connectivity index (χ1) is 21.4. The number of amides is 1. The van der Waals surface area contributed by atoms with Gasteiger partial charge in [-0.2, -0.15) is 0 Å². The van der Waals surface area contributed by atoms with E-state index in [9.17, 15) is 9.90 Å². The Hall–Kier alpha value is -3.73. The molecule has 0 radical (unpaired) electrons. The third-order valence-corrected chi connectivity index (χ3v) is 9.64. The van der Waals surface area contributed by atoms with Crippen molar-refractivity contribution in [2.75, 3.05) is 52.5 Å². The molecule has 7 N–H and O–H groups in total. The van der Waals surface area contributed by atoms with Crippen molar-refractivity contribution in [3.63, 3.8) is 0 Å². The van der Waals surface area contributed by atoms with Gasteiger partial charge in [0.15, 0.2) is 0 Å². The Morgan fingerprint density at radius 1 is 0.932 bits per heavy atom. The Bertz CT molecular complexity index is 1360. The Kier molecular flexibility index (Phi) is 9.30. The molecule has 0 spiro atoms. The largest absolute Gasteiger partial charge is 0.507 e. The van der Waals surface area contributed by atoms with Gasteiger partial charge in [-0.15, -0.1) is 0 Å². The molecule has 3 heterocycles. The third-order valence-electron chi connectivity index (χ3n) is 9.64. The molecule has 236 valence electrons. The summed E-state index contributed by atoms with van der Waals surface area (Å²) in [4.78, 5) is 20.0. The standard InChI is InChI=1S/C34H46N6O4/c35-27(26-8-4-5-9-30(26)41)18-28(33(36)37)40-20-31(44-32-22-43-21-29(32)40)24-10-12-25(13-11-24)34(42)39-16-14-38(15-17-39)19-23-6-2-1-3-7-23/h4-5,8-13,18,23,29,31-32,41H,1-3,6-7,14-17,19-22,35-37H2/b27-18-. The minimum Gasteiger partial charge on any atom is -0.507 e. The minimum absolute atomic E-state index is 0.0779. The maximum absolute atomic E-state index is 13.4. The van der Waals surface area contributed by atoms with Gasteiger partial charge >= 0.3 is 0 Å². The van der Waals surface area contributed by atoms with Crippen LogP contribution in [0, 0.1) is 5.92 Å². The number of nitrogens with two attached hydrogens (primary N) is 3. The van der Waals surface area contributed by atoms with Gasteiger partial charge in [-0.25, -0.2) is 0 Å². The second-order valence-corrected chi connectivity index (χ2v) is 12.6. The molecule has 10 heteroatoms. The number of allylic oxidation sites excluding steroid dienone is 1. The van der Waals surface area contributed by atoms with E-state index >= 15 is 0 Å². The van der Waals surface area contributed by atoms with Crippen molar-refractivity contribution in [3.8, 4) is 5.75 Å². The van der Waals surface area contributed by atoms with Crippen LogP contribution >= 0.6 is 0 Å². The van der Waals surface area contributed by atoms with E-state index in [0.717, 1.165) is 37.7 Å². The molecule has 6 rings (SSSR count). The molecule has 1 aliphatic carbocycles. The summed E-state index contributed by atoms with van der Waals surface area (Å²) in [7, 11) is 0. The zero-order chi connectivity index (χ0) is 30.6. The van der Waals surface area contributed by atoms with E-state index in [4.69, 9.17) is 26.7 Å². The molecule has 0 aromatic heterocycles. The fourth-order valence-corrected chi connectivity index (χ4v) is 7.14. The summed E-state index contributed by atoms with van der Waals surface area (Å²) in [6, 6.07) is 14.6. The summed E-state index contributed by atoms with van der Waals surface area (Å²) in [6.45, 7) is 6.00. The van der Waals surface area contributed by atoms with Gasteiger partial charge in [-0.05, 0) is 54.7 Å². The van der Waals surface area contributed by atoms with Crippen molar-refractivity contribution in [3.05, 3.63) is 82.8 Å². The van der Waals surface area contributed by atoms with Crippen LogP contribution < -0.4 is 17.2 Å². The first-order valence-electron chi connectivity index (χ1n) is 16.0. The highest BCUT2D eigenvalue weighted by Crippen LogP contribution is 2.35. The quantitative estimate of drug-likeness (QED) is 0.352. The topological polar surface area (TPSA) is 144 Å². The second-order valence-electron chi connectivity index (χ2n) is 12.6. The molecule has 1 saturated carbocycles. The van der Waals surface area contributed by atoms with Gasteiger partial charge in [0.1, 0.15) is 23.8 Å². The third kappa shape index (κ3) is 6.67. The molecule has 3 saturated heterocycles. The van der Waals surface area contributed by atoms with Crippen LogP contribution in [0.15, 0.2) is 66.1 Å². The van der Waals surface area contributed by atoms with E-state index in [1.807, 2.05) is 35.2 Å². The van der Waals surface area contributed by atoms with Crippen LogP contribution in [0.4, 0.5) is 0 Å². The van der Waals surface area contributed by atoms with Crippen LogP contribution in [0.25, 0.3) is 5.70 Å². The van der Waals surface area contributed by atoms with Gasteiger partial charge in [-0.3, -0.25) is 9.69 Å². The number of fused-ring (bicyclic) bond motifs is 1. The number of aromatic hydroxyl groups is 1. The number of carbonyl (C=O) groups is 1. The number of ether oxygens (including phenoxy) is 2. The lowest BCUT2D eigenvalue weighted by atomic mass is 9.89. The molecule has 3 unspecified atom stereocenters. The minimum atomic E-state index is -0.292. The molecule has 1 amide bonds. The van der Waals surface area contributed by atoms with Gasteiger partial charge in [0.05, 0.1) is 25.0 Å². The van der Waals surface area contributed by atoms with Crippen LogP contribution in [0.5, 0.6) is 5.75 Å². The lowest BCUT2D eigenvalue weighted by Crippen LogP contribution is -2.51. The Morgan fingerprint density at radius 3 is 2.36 bits per heavy atom. The van der Waals surface area contributed by atoms with Crippen LogP contribution in [-0.2, 0) is 9.47 Å². The highest BCUT2D eigenvalue weighted by atomic mass is 16.6. The van der Waals surface area contributed by atoms with Crippen LogP contribution in [-0.4, -0.2) is 90.3 Å². The van der Waals surface area contributed by atoms with Gasteiger partial charge in [0, 0.05) is 56.1 Å². The smallest absolute Gasteiger partial charge is 0.253 e. The van der Waals surface area contributed by atoms with Crippen molar-refractivity contribution < 1.29 is 19.4 Å². The summed E-state index contributed by atoms with van der Waals surface area (Å²) >= 11 is 0. The number of hydrogen-bond acceptors (Lipinski definition) is 9. The van der Waals surface area contributed by atoms with E-state index in [1.54, 1.807) is 24.3 Å². The van der Waals surface area contributed by atoms with Crippen molar-refractivity contribution in [1.29, 1.82) is 0 Å². The number of morpholine rings is 1. The molecule has 3 aliphatic heterocycles. The predicted octanol–water partition coefficient (Wildman–Crippen LogP) is 2.96. The molecule has 10 nitrogen and oxygen atoms in total. The van der Waals surface area contributed by atoms with E-state index in [0.29, 0.717) is 42.3 Å². The summed E-state index contributed by atoms with van der Waals surface area (Å²) in [6.07, 6.45) is 8.04. The lowest BCUT2D eigenvalue weighted by Gasteiger charge is -2.43. The van der Waals surface area contributed by atoms with Crippen molar-refractivity contribution in [2.45, 2.75) is 50.4 Å². The molecule has 0 bridgehead atoms. The Morgan fingerprint density at radius 2 is 1.66 bits per heavy atom. The van der Waals surface area contributed by atoms with Crippen molar-refractivity contribution in [1.82, 2.24) is 14.7 Å². The first kappa shape index (κ1) is 30.3.